The zero-order valence-corrected chi connectivity index (χ0v) is 20.3. The lowest BCUT2D eigenvalue weighted by Crippen LogP contribution is -2.38. The van der Waals surface area contributed by atoms with Gasteiger partial charge in [0, 0.05) is 37.9 Å². The van der Waals surface area contributed by atoms with Crippen molar-refractivity contribution in [2.45, 2.75) is 53.0 Å². The van der Waals surface area contributed by atoms with E-state index in [2.05, 4.69) is 27.9 Å². The van der Waals surface area contributed by atoms with E-state index in [0.29, 0.717) is 6.54 Å². The van der Waals surface area contributed by atoms with Crippen molar-refractivity contribution in [3.05, 3.63) is 29.8 Å². The van der Waals surface area contributed by atoms with E-state index in [9.17, 15) is 4.79 Å². The first kappa shape index (κ1) is 25.7. The number of nitrogens with one attached hydrogen (secondary N) is 3. The summed E-state index contributed by atoms with van der Waals surface area (Å²) in [5.74, 6) is 1.69. The van der Waals surface area contributed by atoms with Gasteiger partial charge in [0.2, 0.25) is 5.91 Å². The maximum Gasteiger partial charge on any atom is 0.227 e. The number of carbonyl (C=O) groups is 1. The molecule has 1 saturated carbocycles. The van der Waals surface area contributed by atoms with Gasteiger partial charge in [-0.3, -0.25) is 4.79 Å². The Balaban J connectivity index is 0.00000420. The number of guanidine groups is 1. The van der Waals surface area contributed by atoms with Gasteiger partial charge < -0.3 is 20.7 Å². The van der Waals surface area contributed by atoms with Crippen molar-refractivity contribution in [3.63, 3.8) is 0 Å². The fraction of sp³-hybridized carbons (Fsp3) is 0.636. The average Bonchev–Trinajstić information content (AvgIpc) is 3.52. The van der Waals surface area contributed by atoms with Crippen LogP contribution < -0.4 is 16.0 Å². The first-order chi connectivity index (χ1) is 13.6. The van der Waals surface area contributed by atoms with Crippen LogP contribution in [-0.2, 0) is 16.1 Å². The van der Waals surface area contributed by atoms with Crippen LogP contribution in [0.25, 0.3) is 0 Å². The van der Waals surface area contributed by atoms with Gasteiger partial charge in [-0.1, -0.05) is 26.0 Å². The smallest absolute Gasteiger partial charge is 0.227 e. The number of anilines is 1. The van der Waals surface area contributed by atoms with E-state index in [1.165, 1.54) is 12.8 Å². The lowest BCUT2D eigenvalue weighted by molar-refractivity contribution is -0.119. The van der Waals surface area contributed by atoms with E-state index in [1.54, 1.807) is 0 Å². The number of halogens is 1. The van der Waals surface area contributed by atoms with Crippen LogP contribution in [0.5, 0.6) is 0 Å². The summed E-state index contributed by atoms with van der Waals surface area (Å²) in [5.41, 5.74) is 1.88. The maximum atomic E-state index is 12.1. The minimum absolute atomic E-state index is 0. The number of amides is 1. The van der Waals surface area contributed by atoms with Crippen LogP contribution in [0.4, 0.5) is 5.69 Å². The molecule has 164 valence electrons. The molecular weight excluding hydrogens is 479 g/mol. The number of ether oxygens (including phenoxy) is 1. The predicted molar refractivity (Wildman–Crippen MR) is 131 cm³/mol. The molecule has 3 N–H and O–H groups in total. The number of carbonyl (C=O) groups excluding carboxylic acids is 1. The second-order valence-electron chi connectivity index (χ2n) is 7.49. The minimum atomic E-state index is 0. The highest BCUT2D eigenvalue weighted by molar-refractivity contribution is 14.0. The van der Waals surface area contributed by atoms with Crippen LogP contribution in [0.2, 0.25) is 0 Å². The Morgan fingerprint density at radius 1 is 1.28 bits per heavy atom. The monoisotopic (exact) mass is 516 g/mol. The molecule has 0 aromatic heterocycles. The van der Waals surface area contributed by atoms with Crippen molar-refractivity contribution in [2.75, 3.05) is 31.6 Å². The Morgan fingerprint density at radius 2 is 2.07 bits per heavy atom. The second-order valence-corrected chi connectivity index (χ2v) is 7.49. The average molecular weight is 516 g/mol. The molecule has 0 saturated heterocycles. The van der Waals surface area contributed by atoms with Crippen LogP contribution in [0, 0.1) is 11.8 Å². The molecule has 1 aliphatic carbocycles. The van der Waals surface area contributed by atoms with E-state index < -0.39 is 0 Å². The van der Waals surface area contributed by atoms with Crippen molar-refractivity contribution in [1.29, 1.82) is 0 Å². The van der Waals surface area contributed by atoms with E-state index in [4.69, 9.17) is 4.74 Å². The highest BCUT2D eigenvalue weighted by Gasteiger charge is 2.20. The molecule has 0 aliphatic heterocycles. The fourth-order valence-electron chi connectivity index (χ4n) is 2.63. The van der Waals surface area contributed by atoms with E-state index >= 15 is 0 Å². The first-order valence-electron chi connectivity index (χ1n) is 10.6. The Bertz CT molecular complexity index is 635. The number of hydrogen-bond donors (Lipinski definition) is 3. The third-order valence-corrected chi connectivity index (χ3v) is 4.83. The number of hydrogen-bond acceptors (Lipinski definition) is 3. The van der Waals surface area contributed by atoms with Gasteiger partial charge in [-0.05, 0) is 56.2 Å². The van der Waals surface area contributed by atoms with Gasteiger partial charge in [0.05, 0.1) is 6.54 Å². The molecule has 1 aromatic rings. The summed E-state index contributed by atoms with van der Waals surface area (Å²) in [6.45, 7) is 9.93. The fourth-order valence-corrected chi connectivity index (χ4v) is 2.63. The molecule has 1 aliphatic rings. The quantitative estimate of drug-likeness (QED) is 0.169. The Morgan fingerprint density at radius 3 is 2.76 bits per heavy atom. The lowest BCUT2D eigenvalue weighted by atomic mass is 10.1. The summed E-state index contributed by atoms with van der Waals surface area (Å²) in [7, 11) is 0. The summed E-state index contributed by atoms with van der Waals surface area (Å²) >= 11 is 0. The zero-order valence-electron chi connectivity index (χ0n) is 18.0. The molecule has 0 radical (unpaired) electrons. The van der Waals surface area contributed by atoms with Gasteiger partial charge in [0.1, 0.15) is 0 Å². The van der Waals surface area contributed by atoms with Crippen LogP contribution in [0.1, 0.15) is 52.0 Å². The van der Waals surface area contributed by atoms with Crippen LogP contribution in [0.3, 0.4) is 0 Å². The van der Waals surface area contributed by atoms with Crippen LogP contribution in [0.15, 0.2) is 29.3 Å². The molecule has 1 aromatic carbocycles. The summed E-state index contributed by atoms with van der Waals surface area (Å²) < 4.78 is 5.66. The highest BCUT2D eigenvalue weighted by Crippen LogP contribution is 2.28. The van der Waals surface area contributed by atoms with E-state index in [1.807, 2.05) is 38.1 Å². The second kappa shape index (κ2) is 14.6. The summed E-state index contributed by atoms with van der Waals surface area (Å²) in [4.78, 5) is 16.7. The van der Waals surface area contributed by atoms with Crippen molar-refractivity contribution in [1.82, 2.24) is 10.6 Å². The standard InChI is InChI=1S/C22H36N4O2.HI/c1-4-17(3)21(27)26-20-9-6-8-19(14-20)15-25-22(23-5-2)24-12-7-13-28-16-18-10-11-18;/h6,8-9,14,17-18H,4-5,7,10-13,15-16H2,1-3H3,(H,26,27)(H2,23,24,25);1H. The molecule has 1 amide bonds. The number of nitrogens with zero attached hydrogens (tertiary/aromatic N) is 1. The lowest BCUT2D eigenvalue weighted by Gasteiger charge is -2.12. The molecule has 1 fully saturated rings. The van der Waals surface area contributed by atoms with E-state index in [-0.39, 0.29) is 35.8 Å². The molecule has 2 rings (SSSR count). The van der Waals surface area contributed by atoms with Crippen LogP contribution >= 0.6 is 24.0 Å². The molecule has 29 heavy (non-hydrogen) atoms. The third kappa shape index (κ3) is 10.8. The van der Waals surface area contributed by atoms with Gasteiger partial charge in [0.25, 0.3) is 0 Å². The number of rotatable bonds is 12. The van der Waals surface area contributed by atoms with Crippen molar-refractivity contribution < 1.29 is 9.53 Å². The Kier molecular flexibility index (Phi) is 12.9. The molecule has 0 spiro atoms. The molecule has 1 atom stereocenters. The Labute approximate surface area is 192 Å². The van der Waals surface area contributed by atoms with Gasteiger partial charge >= 0.3 is 0 Å². The number of aliphatic imine (C=N–C) groups is 1. The van der Waals surface area contributed by atoms with Gasteiger partial charge in [-0.15, -0.1) is 24.0 Å². The molecule has 1 unspecified atom stereocenters. The molecular formula is C22H37IN4O2. The summed E-state index contributed by atoms with van der Waals surface area (Å²) in [6, 6.07) is 7.88. The first-order valence-corrected chi connectivity index (χ1v) is 10.6. The van der Waals surface area contributed by atoms with Gasteiger partial charge in [-0.2, -0.15) is 0 Å². The van der Waals surface area contributed by atoms with Gasteiger partial charge in [0.15, 0.2) is 5.96 Å². The number of benzene rings is 1. The van der Waals surface area contributed by atoms with Crippen molar-refractivity contribution >= 4 is 41.5 Å². The third-order valence-electron chi connectivity index (χ3n) is 4.83. The highest BCUT2D eigenvalue weighted by atomic mass is 127. The summed E-state index contributed by atoms with van der Waals surface area (Å²) in [6.07, 6.45) is 4.46. The van der Waals surface area contributed by atoms with Gasteiger partial charge in [-0.25, -0.2) is 4.99 Å². The Hall–Kier alpha value is -1.35. The predicted octanol–water partition coefficient (Wildman–Crippen LogP) is 4.16. The minimum Gasteiger partial charge on any atom is -0.381 e. The largest absolute Gasteiger partial charge is 0.381 e. The van der Waals surface area contributed by atoms with Crippen LogP contribution in [-0.4, -0.2) is 38.2 Å². The summed E-state index contributed by atoms with van der Waals surface area (Å²) in [5, 5.41) is 9.60. The molecule has 7 heteroatoms. The SMILES string of the molecule is CCNC(=NCc1cccc(NC(=O)C(C)CC)c1)NCCCOCC1CC1.I. The zero-order chi connectivity index (χ0) is 20.2. The molecule has 0 bridgehead atoms. The normalized spacial score (nSPS) is 14.7. The van der Waals surface area contributed by atoms with Crippen molar-refractivity contribution in [3.8, 4) is 0 Å². The van der Waals surface area contributed by atoms with Crippen molar-refractivity contribution in [2.24, 2.45) is 16.8 Å². The molecule has 6 nitrogen and oxygen atoms in total. The topological polar surface area (TPSA) is 74.8 Å². The maximum absolute atomic E-state index is 12.1. The van der Waals surface area contributed by atoms with E-state index in [0.717, 1.165) is 62.3 Å². The molecule has 0 heterocycles.